The van der Waals surface area contributed by atoms with Crippen LogP contribution in [0.2, 0.25) is 0 Å². The molecule has 7 nitrogen and oxygen atoms in total. The number of aromatic amines is 1. The molecule has 0 aliphatic heterocycles. The van der Waals surface area contributed by atoms with Gasteiger partial charge in [-0.15, -0.1) is 0 Å². The van der Waals surface area contributed by atoms with Crippen molar-refractivity contribution in [1.29, 1.82) is 0 Å². The molecule has 0 bridgehead atoms. The summed E-state index contributed by atoms with van der Waals surface area (Å²) >= 11 is 0. The first kappa shape index (κ1) is 21.7. The van der Waals surface area contributed by atoms with Gasteiger partial charge in [-0.25, -0.2) is 4.99 Å². The Morgan fingerprint density at radius 1 is 1.28 bits per heavy atom. The van der Waals surface area contributed by atoms with E-state index in [1.165, 1.54) is 18.2 Å². The summed E-state index contributed by atoms with van der Waals surface area (Å²) in [6.45, 7) is 5.64. The van der Waals surface area contributed by atoms with Crippen molar-refractivity contribution in [2.75, 3.05) is 19.4 Å². The molecule has 1 aromatic heterocycles. The number of guanidine groups is 1. The summed E-state index contributed by atoms with van der Waals surface area (Å²) in [5.74, 6) is 1.07. The van der Waals surface area contributed by atoms with E-state index in [0.717, 1.165) is 17.8 Å². The van der Waals surface area contributed by atoms with Crippen LogP contribution in [-0.2, 0) is 6.18 Å². The lowest BCUT2D eigenvalue weighted by Crippen LogP contribution is -2.31. The fraction of sp³-hybridized carbons (Fsp3) is 0.211. The first-order valence-electron chi connectivity index (χ1n) is 8.48. The summed E-state index contributed by atoms with van der Waals surface area (Å²) in [5.41, 5.74) is 6.29. The maximum absolute atomic E-state index is 12.9. The Morgan fingerprint density at radius 2 is 2.00 bits per heavy atom. The topological polar surface area (TPSA) is 94.7 Å². The van der Waals surface area contributed by atoms with Gasteiger partial charge in [0.25, 0.3) is 0 Å². The van der Waals surface area contributed by atoms with Gasteiger partial charge in [0, 0.05) is 25.9 Å². The molecule has 0 aliphatic carbocycles. The Morgan fingerprint density at radius 3 is 2.59 bits per heavy atom. The normalized spacial score (nSPS) is 13.0. The summed E-state index contributed by atoms with van der Waals surface area (Å²) < 4.78 is 38.7. The van der Waals surface area contributed by atoms with Crippen LogP contribution in [0.15, 0.2) is 58.8 Å². The van der Waals surface area contributed by atoms with Crippen molar-refractivity contribution in [2.45, 2.75) is 13.1 Å². The number of rotatable bonds is 5. The predicted octanol–water partition coefficient (Wildman–Crippen LogP) is 3.61. The van der Waals surface area contributed by atoms with Crippen LogP contribution < -0.4 is 11.1 Å². The molecule has 0 radical (unpaired) electrons. The molecule has 0 saturated carbocycles. The van der Waals surface area contributed by atoms with Gasteiger partial charge in [-0.1, -0.05) is 24.8 Å². The summed E-state index contributed by atoms with van der Waals surface area (Å²) in [5, 5.41) is 9.69. The second kappa shape index (κ2) is 9.09. The van der Waals surface area contributed by atoms with E-state index in [-0.39, 0.29) is 17.6 Å². The van der Waals surface area contributed by atoms with Crippen molar-refractivity contribution in [3.05, 3.63) is 65.6 Å². The van der Waals surface area contributed by atoms with Gasteiger partial charge >= 0.3 is 6.18 Å². The molecule has 1 heterocycles. The Hall–Kier alpha value is -3.56. The number of nitrogens with two attached hydrogens (primary N) is 1. The van der Waals surface area contributed by atoms with E-state index in [2.05, 4.69) is 32.1 Å². The van der Waals surface area contributed by atoms with Gasteiger partial charge in [0.05, 0.1) is 5.56 Å². The largest absolute Gasteiger partial charge is 0.416 e. The summed E-state index contributed by atoms with van der Waals surface area (Å²) in [6.07, 6.45) is -1.50. The minimum Gasteiger partial charge on any atom is -0.369 e. The van der Waals surface area contributed by atoms with Gasteiger partial charge in [-0.2, -0.15) is 23.3 Å². The van der Waals surface area contributed by atoms with Crippen LogP contribution >= 0.6 is 0 Å². The first-order chi connectivity index (χ1) is 13.5. The number of aromatic nitrogens is 2. The van der Waals surface area contributed by atoms with Crippen LogP contribution in [0.3, 0.4) is 0 Å². The molecule has 2 aromatic rings. The molecule has 2 rings (SSSR count). The van der Waals surface area contributed by atoms with Crippen LogP contribution in [0.1, 0.15) is 16.8 Å². The molecule has 154 valence electrons. The van der Waals surface area contributed by atoms with Gasteiger partial charge in [-0.3, -0.25) is 5.10 Å². The van der Waals surface area contributed by atoms with E-state index >= 15 is 0 Å². The number of anilines is 1. The lowest BCUT2D eigenvalue weighted by Gasteiger charge is -2.10. The zero-order chi connectivity index (χ0) is 21.6. The number of halogens is 3. The fourth-order valence-electron chi connectivity index (χ4n) is 2.10. The van der Waals surface area contributed by atoms with Gasteiger partial charge in [0.15, 0.2) is 17.6 Å². The SMILES string of the molecule is C=C(N=C(/C=C/c1cccc(C(F)(F)F)c1)N=C(N)N(C)C)Nc1cc(C)[nH]n1. The van der Waals surface area contributed by atoms with Gasteiger partial charge < -0.3 is 16.0 Å². The van der Waals surface area contributed by atoms with E-state index in [1.807, 2.05) is 6.92 Å². The maximum atomic E-state index is 12.9. The highest BCUT2D eigenvalue weighted by atomic mass is 19.4. The van der Waals surface area contributed by atoms with E-state index < -0.39 is 11.7 Å². The fourth-order valence-corrected chi connectivity index (χ4v) is 2.10. The summed E-state index contributed by atoms with van der Waals surface area (Å²) in [6, 6.07) is 6.67. The highest BCUT2D eigenvalue weighted by Crippen LogP contribution is 2.29. The number of benzene rings is 1. The van der Waals surface area contributed by atoms with E-state index in [1.54, 1.807) is 31.1 Å². The number of aliphatic imine (C=N–C) groups is 2. The minimum absolute atomic E-state index is 0.151. The lowest BCUT2D eigenvalue weighted by atomic mass is 10.1. The molecule has 4 N–H and O–H groups in total. The molecule has 0 unspecified atom stereocenters. The smallest absolute Gasteiger partial charge is 0.369 e. The van der Waals surface area contributed by atoms with Crippen LogP contribution in [0.5, 0.6) is 0 Å². The molecule has 0 amide bonds. The van der Waals surface area contributed by atoms with Crippen LogP contribution in [-0.4, -0.2) is 41.0 Å². The van der Waals surface area contributed by atoms with E-state index in [0.29, 0.717) is 11.4 Å². The van der Waals surface area contributed by atoms with Crippen molar-refractivity contribution >= 4 is 23.7 Å². The minimum atomic E-state index is -4.42. The first-order valence-corrected chi connectivity index (χ1v) is 8.48. The molecule has 10 heteroatoms. The standard InChI is InChI=1S/C19H22F3N7/c1-12-10-17(28-27-12)25-13(2)24-16(26-18(23)29(3)4)9-8-14-6-5-7-15(11-14)19(20,21)22/h5-11H,2H2,1,3-4H3,(H2,23,24,26)(H2,25,27,28)/b9-8+. The molecular weight excluding hydrogens is 383 g/mol. The highest BCUT2D eigenvalue weighted by molar-refractivity contribution is 6.04. The van der Waals surface area contributed by atoms with Crippen molar-refractivity contribution in [2.24, 2.45) is 15.7 Å². The Balaban J connectivity index is 2.29. The second-order valence-electron chi connectivity index (χ2n) is 6.30. The van der Waals surface area contributed by atoms with Crippen LogP contribution in [0.25, 0.3) is 6.08 Å². The lowest BCUT2D eigenvalue weighted by molar-refractivity contribution is -0.137. The van der Waals surface area contributed by atoms with Gasteiger partial charge in [-0.05, 0) is 30.7 Å². The monoisotopic (exact) mass is 405 g/mol. The average molecular weight is 405 g/mol. The van der Waals surface area contributed by atoms with Crippen LogP contribution in [0, 0.1) is 6.92 Å². The maximum Gasteiger partial charge on any atom is 0.416 e. The van der Waals surface area contributed by atoms with Crippen molar-refractivity contribution in [3.8, 4) is 0 Å². The van der Waals surface area contributed by atoms with Crippen LogP contribution in [0.4, 0.5) is 19.0 Å². The number of hydrogen-bond donors (Lipinski definition) is 3. The third-order valence-electron chi connectivity index (χ3n) is 3.55. The number of hydrogen-bond acceptors (Lipinski definition) is 3. The number of aryl methyl sites for hydroxylation is 1. The van der Waals surface area contributed by atoms with E-state index in [4.69, 9.17) is 5.73 Å². The van der Waals surface area contributed by atoms with Crippen molar-refractivity contribution < 1.29 is 13.2 Å². The molecule has 0 fully saturated rings. The molecular formula is C19H22F3N7. The number of amidine groups is 1. The zero-order valence-electron chi connectivity index (χ0n) is 16.2. The van der Waals surface area contributed by atoms with Crippen molar-refractivity contribution in [1.82, 2.24) is 15.1 Å². The predicted molar refractivity (Wildman–Crippen MR) is 109 cm³/mol. The number of H-pyrrole nitrogens is 1. The average Bonchev–Trinajstić information content (AvgIpc) is 3.03. The van der Waals surface area contributed by atoms with Gasteiger partial charge in [0.2, 0.25) is 0 Å². The van der Waals surface area contributed by atoms with E-state index in [9.17, 15) is 13.2 Å². The highest BCUT2D eigenvalue weighted by Gasteiger charge is 2.30. The van der Waals surface area contributed by atoms with Crippen molar-refractivity contribution in [3.63, 3.8) is 0 Å². The molecule has 29 heavy (non-hydrogen) atoms. The quantitative estimate of drug-likeness (QED) is 0.523. The summed E-state index contributed by atoms with van der Waals surface area (Å²) in [7, 11) is 3.40. The Labute approximate surface area is 166 Å². The zero-order valence-corrected chi connectivity index (χ0v) is 16.2. The Kier molecular flexibility index (Phi) is 6.81. The molecule has 0 aliphatic rings. The number of nitrogens with zero attached hydrogens (tertiary/aromatic N) is 4. The third-order valence-corrected chi connectivity index (χ3v) is 3.55. The second-order valence-corrected chi connectivity index (χ2v) is 6.30. The molecule has 0 spiro atoms. The number of alkyl halides is 3. The third kappa shape index (κ3) is 6.83. The Bertz CT molecular complexity index is 953. The summed E-state index contributed by atoms with van der Waals surface area (Å²) in [4.78, 5) is 10.00. The number of nitrogens with one attached hydrogen (secondary N) is 2. The molecule has 0 atom stereocenters. The molecule has 0 saturated heterocycles. The molecule has 1 aromatic carbocycles. The van der Waals surface area contributed by atoms with Gasteiger partial charge in [0.1, 0.15) is 5.82 Å².